The number of hydrogen-bond donors (Lipinski definition) is 2. The standard InChI is InChI=1S/C23H19F3N8O/c1-11-3-4-12(18-16(19(27)35)9-17(32-33-18)23(24,25)26)7-14(11)15-8-13-10-30-22(28-2)31-20(13)34-6-5-29-21(15)34/h3-4,7-10,29H,5-6H2,1-2H3,(H2,27,35). The molecule has 3 aliphatic heterocycles. The van der Waals surface area contributed by atoms with Gasteiger partial charge in [-0.2, -0.15) is 18.2 Å². The summed E-state index contributed by atoms with van der Waals surface area (Å²) in [5.41, 5.74) is 7.87. The van der Waals surface area contributed by atoms with E-state index in [1.807, 2.05) is 17.6 Å². The van der Waals surface area contributed by atoms with Crippen LogP contribution in [0.1, 0.15) is 21.6 Å². The number of aromatic nitrogens is 5. The van der Waals surface area contributed by atoms with Crippen LogP contribution in [0.5, 0.6) is 0 Å². The minimum Gasteiger partial charge on any atom is -0.369 e. The maximum absolute atomic E-state index is 13.1. The van der Waals surface area contributed by atoms with Crippen LogP contribution in [0.4, 0.5) is 19.0 Å². The third kappa shape index (κ3) is 3.86. The number of amides is 1. The van der Waals surface area contributed by atoms with Gasteiger partial charge < -0.3 is 15.6 Å². The van der Waals surface area contributed by atoms with Crippen molar-refractivity contribution >= 4 is 11.7 Å². The highest BCUT2D eigenvalue weighted by Gasteiger charge is 2.34. The Morgan fingerprint density at radius 1 is 1.14 bits per heavy atom. The van der Waals surface area contributed by atoms with Crippen molar-refractivity contribution < 1.29 is 18.0 Å². The summed E-state index contributed by atoms with van der Waals surface area (Å²) in [6, 6.07) is 7.81. The molecule has 9 nitrogen and oxygen atoms in total. The van der Waals surface area contributed by atoms with Gasteiger partial charge in [0.25, 0.3) is 5.91 Å². The zero-order chi connectivity index (χ0) is 24.9. The fraction of sp³-hybridized carbons (Fsp3) is 0.217. The second kappa shape index (κ2) is 8.15. The molecule has 3 aliphatic rings. The summed E-state index contributed by atoms with van der Waals surface area (Å²) in [6.07, 6.45) is -3.05. The Balaban J connectivity index is 1.71. The van der Waals surface area contributed by atoms with Crippen molar-refractivity contribution in [1.29, 1.82) is 0 Å². The monoisotopic (exact) mass is 480 g/mol. The van der Waals surface area contributed by atoms with Crippen molar-refractivity contribution in [1.82, 2.24) is 24.7 Å². The van der Waals surface area contributed by atoms with E-state index >= 15 is 0 Å². The molecule has 3 N–H and O–H groups in total. The van der Waals surface area contributed by atoms with Crippen molar-refractivity contribution in [2.45, 2.75) is 19.6 Å². The zero-order valence-electron chi connectivity index (χ0n) is 18.7. The Morgan fingerprint density at radius 3 is 2.63 bits per heavy atom. The molecule has 0 spiro atoms. The van der Waals surface area contributed by atoms with Gasteiger partial charge in [0.1, 0.15) is 17.3 Å². The first-order valence-corrected chi connectivity index (χ1v) is 10.6. The van der Waals surface area contributed by atoms with Gasteiger partial charge in [0, 0.05) is 43.0 Å². The number of halogens is 3. The molecule has 0 bridgehead atoms. The van der Waals surface area contributed by atoms with Crippen molar-refractivity contribution in [2.75, 3.05) is 18.9 Å². The van der Waals surface area contributed by atoms with Crippen molar-refractivity contribution in [3.8, 4) is 33.8 Å². The fourth-order valence-electron chi connectivity index (χ4n) is 4.16. The number of anilines is 1. The number of pyridine rings is 1. The maximum atomic E-state index is 13.1. The van der Waals surface area contributed by atoms with Crippen molar-refractivity contribution in [3.63, 3.8) is 0 Å². The molecule has 0 saturated heterocycles. The van der Waals surface area contributed by atoms with Gasteiger partial charge in [-0.15, -0.1) is 10.2 Å². The molecule has 0 fully saturated rings. The van der Waals surface area contributed by atoms with Crippen LogP contribution < -0.4 is 16.7 Å². The van der Waals surface area contributed by atoms with Gasteiger partial charge in [0.2, 0.25) is 5.62 Å². The Bertz CT molecular complexity index is 1530. The predicted molar refractivity (Wildman–Crippen MR) is 121 cm³/mol. The van der Waals surface area contributed by atoms with Crippen LogP contribution in [0.2, 0.25) is 0 Å². The molecule has 2 aromatic rings. The van der Waals surface area contributed by atoms with Crippen LogP contribution >= 0.6 is 0 Å². The number of nitrogens with one attached hydrogen (secondary N) is 1. The number of hydrogen-bond acceptors (Lipinski definition) is 7. The number of aryl methyl sites for hydroxylation is 1. The molecule has 4 heterocycles. The molecule has 0 aliphatic carbocycles. The molecular formula is C23H19F3N8O. The first-order chi connectivity index (χ1) is 16.7. The van der Waals surface area contributed by atoms with Crippen LogP contribution in [0.15, 0.2) is 41.5 Å². The summed E-state index contributed by atoms with van der Waals surface area (Å²) < 4.78 is 41.4. The van der Waals surface area contributed by atoms with Gasteiger partial charge in [-0.1, -0.05) is 12.1 Å². The lowest BCUT2D eigenvalue weighted by atomic mass is 9.94. The first-order valence-electron chi connectivity index (χ1n) is 10.6. The molecule has 5 rings (SSSR count). The van der Waals surface area contributed by atoms with Crippen molar-refractivity contribution in [3.05, 3.63) is 59.0 Å². The molecule has 0 radical (unpaired) electrons. The number of fused-ring (bicyclic) bond motifs is 3. The molecule has 0 unspecified atom stereocenters. The lowest BCUT2D eigenvalue weighted by Gasteiger charge is -2.19. The summed E-state index contributed by atoms with van der Waals surface area (Å²) >= 11 is 0. The molecule has 12 heteroatoms. The van der Waals surface area contributed by atoms with Gasteiger partial charge in [0.05, 0.1) is 5.56 Å². The second-order valence-corrected chi connectivity index (χ2v) is 8.04. The number of alkyl halides is 3. The first kappa shape index (κ1) is 22.4. The highest BCUT2D eigenvalue weighted by atomic mass is 19.4. The summed E-state index contributed by atoms with van der Waals surface area (Å²) in [5.74, 6) is 0.551. The van der Waals surface area contributed by atoms with Gasteiger partial charge in [-0.05, 0) is 36.2 Å². The molecule has 0 saturated carbocycles. The van der Waals surface area contributed by atoms with E-state index in [1.54, 1.807) is 31.4 Å². The molecule has 1 amide bonds. The quantitative estimate of drug-likeness (QED) is 0.465. The second-order valence-electron chi connectivity index (χ2n) is 8.04. The Morgan fingerprint density at radius 2 is 1.91 bits per heavy atom. The average Bonchev–Trinajstić information content (AvgIpc) is 3.33. The van der Waals surface area contributed by atoms with E-state index in [0.29, 0.717) is 30.3 Å². The fourth-order valence-corrected chi connectivity index (χ4v) is 4.16. The number of rotatable bonds is 3. The molecular weight excluding hydrogens is 461 g/mol. The van der Waals surface area contributed by atoms with Crippen LogP contribution in [0.25, 0.3) is 33.8 Å². The summed E-state index contributed by atoms with van der Waals surface area (Å²) in [7, 11) is 1.62. The van der Waals surface area contributed by atoms with E-state index < -0.39 is 17.8 Å². The summed E-state index contributed by atoms with van der Waals surface area (Å²) in [5, 5.41) is 10.4. The van der Waals surface area contributed by atoms with Gasteiger partial charge in [-0.3, -0.25) is 9.79 Å². The molecule has 178 valence electrons. The summed E-state index contributed by atoms with van der Waals surface area (Å²) in [6.45, 7) is 3.30. The van der Waals surface area contributed by atoms with Gasteiger partial charge in [0.15, 0.2) is 5.69 Å². The lowest BCUT2D eigenvalue weighted by molar-refractivity contribution is -0.141. The summed E-state index contributed by atoms with van der Waals surface area (Å²) in [4.78, 5) is 24.8. The number of nitrogens with zero attached hydrogens (tertiary/aromatic N) is 6. The molecule has 1 aromatic heterocycles. The number of carbonyl (C=O) groups excluding carboxylic acids is 1. The molecule has 1 aromatic carbocycles. The van der Waals surface area contributed by atoms with E-state index in [1.165, 1.54) is 0 Å². The third-order valence-corrected chi connectivity index (χ3v) is 5.84. The maximum Gasteiger partial charge on any atom is 0.435 e. The zero-order valence-corrected chi connectivity index (χ0v) is 18.7. The average molecular weight is 480 g/mol. The Labute approximate surface area is 196 Å². The van der Waals surface area contributed by atoms with Crippen LogP contribution in [-0.4, -0.2) is 44.2 Å². The van der Waals surface area contributed by atoms with E-state index in [2.05, 4.69) is 30.5 Å². The highest BCUT2D eigenvalue weighted by molar-refractivity contribution is 5.99. The van der Waals surface area contributed by atoms with Crippen molar-refractivity contribution in [2.24, 2.45) is 10.7 Å². The largest absolute Gasteiger partial charge is 0.435 e. The normalized spacial score (nSPS) is 13.7. The minimum absolute atomic E-state index is 0.0256. The van der Waals surface area contributed by atoms with Crippen LogP contribution in [0.3, 0.4) is 0 Å². The lowest BCUT2D eigenvalue weighted by Crippen LogP contribution is -2.18. The Hall–Kier alpha value is -4.35. The topological polar surface area (TPSA) is 124 Å². The van der Waals surface area contributed by atoms with Gasteiger partial charge >= 0.3 is 6.18 Å². The highest BCUT2D eigenvalue weighted by Crippen LogP contribution is 2.39. The van der Waals surface area contributed by atoms with E-state index in [9.17, 15) is 18.0 Å². The minimum atomic E-state index is -4.75. The van der Waals surface area contributed by atoms with Gasteiger partial charge in [-0.25, -0.2) is 4.98 Å². The predicted octanol–water partition coefficient (Wildman–Crippen LogP) is 2.89. The molecule has 35 heavy (non-hydrogen) atoms. The van der Waals surface area contributed by atoms with E-state index in [0.717, 1.165) is 33.9 Å². The smallest absolute Gasteiger partial charge is 0.369 e. The number of benzene rings is 1. The third-order valence-electron chi connectivity index (χ3n) is 5.84. The van der Waals surface area contributed by atoms with E-state index in [4.69, 9.17) is 5.73 Å². The van der Waals surface area contributed by atoms with E-state index in [-0.39, 0.29) is 11.3 Å². The Kier molecular flexibility index (Phi) is 5.23. The number of primary amides is 1. The molecule has 0 atom stereocenters. The van der Waals surface area contributed by atoms with Crippen LogP contribution in [-0.2, 0) is 12.7 Å². The number of carbonyl (C=O) groups is 1. The number of nitrogens with two attached hydrogens (primary N) is 1. The van der Waals surface area contributed by atoms with Crippen LogP contribution in [0, 0.1) is 6.92 Å². The SMILES string of the molecule is CN=c1ncc2cc(-c3cc(-c4nnc(C(F)(F)F)cc4C(N)=O)ccc3C)c3n(c-2n1)CCN3.